The summed E-state index contributed by atoms with van der Waals surface area (Å²) in [6.07, 6.45) is 1.13. The monoisotopic (exact) mass is 252 g/mol. The lowest BCUT2D eigenvalue weighted by Gasteiger charge is -2.40. The van der Waals surface area contributed by atoms with Crippen molar-refractivity contribution in [2.45, 2.75) is 63.8 Å². The van der Waals surface area contributed by atoms with Gasteiger partial charge in [0, 0.05) is 6.04 Å². The first-order valence-corrected chi connectivity index (χ1v) is 6.42. The molecule has 1 N–H and O–H groups in total. The van der Waals surface area contributed by atoms with E-state index in [2.05, 4.69) is 6.07 Å². The normalized spacial score (nSPS) is 35.2. The minimum atomic E-state index is -0.619. The Morgan fingerprint density at radius 1 is 1.44 bits per heavy atom. The molecule has 0 aliphatic carbocycles. The molecule has 2 saturated heterocycles. The Bertz CT molecular complexity index is 383. The molecule has 2 aliphatic heterocycles. The fourth-order valence-electron chi connectivity index (χ4n) is 2.95. The van der Waals surface area contributed by atoms with Crippen LogP contribution in [0.5, 0.6) is 0 Å². The van der Waals surface area contributed by atoms with Crippen LogP contribution in [0.15, 0.2) is 0 Å². The summed E-state index contributed by atoms with van der Waals surface area (Å²) in [7, 11) is 0. The molecule has 2 heterocycles. The van der Waals surface area contributed by atoms with Crippen LogP contribution < -0.4 is 0 Å². The second-order valence-electron chi connectivity index (χ2n) is 6.14. The number of ether oxygens (including phenoxy) is 1. The molecule has 4 atom stereocenters. The Labute approximate surface area is 107 Å². The summed E-state index contributed by atoms with van der Waals surface area (Å²) in [5.74, 6) is -0.490. The fraction of sp³-hybridized carbons (Fsp3) is 0.846. The van der Waals surface area contributed by atoms with Gasteiger partial charge in [0.2, 0.25) is 0 Å². The number of aliphatic hydroxyl groups excluding tert-OH is 1. The maximum absolute atomic E-state index is 12.2. The zero-order valence-electron chi connectivity index (χ0n) is 11.1. The summed E-state index contributed by atoms with van der Waals surface area (Å²) in [4.78, 5) is 13.8. The maximum Gasteiger partial charge on any atom is 0.410 e. The number of aliphatic hydroxyl groups is 1. The van der Waals surface area contributed by atoms with Crippen molar-refractivity contribution in [2.24, 2.45) is 5.92 Å². The van der Waals surface area contributed by atoms with E-state index >= 15 is 0 Å². The van der Waals surface area contributed by atoms with E-state index in [4.69, 9.17) is 10.00 Å². The standard InChI is InChI=1S/C13H20N2O3/c1-13(2,3)18-12(17)15-8-4-5-10(15)9(7-14)11(16)6-8/h8-11,16H,4-6H2,1-3H3/t8-,9+,10+,11-/m0/s1. The minimum absolute atomic E-state index is 0.0180. The minimum Gasteiger partial charge on any atom is -0.444 e. The van der Waals surface area contributed by atoms with E-state index in [0.717, 1.165) is 12.8 Å². The first-order chi connectivity index (χ1) is 8.33. The fourth-order valence-corrected chi connectivity index (χ4v) is 2.95. The van der Waals surface area contributed by atoms with Crippen molar-refractivity contribution in [1.82, 2.24) is 4.90 Å². The van der Waals surface area contributed by atoms with Crippen molar-refractivity contribution in [3.63, 3.8) is 0 Å². The molecule has 5 heteroatoms. The van der Waals surface area contributed by atoms with E-state index in [9.17, 15) is 9.90 Å². The second kappa shape index (κ2) is 4.43. The van der Waals surface area contributed by atoms with Crippen LogP contribution in [-0.4, -0.2) is 39.9 Å². The lowest BCUT2D eigenvalue weighted by Crippen LogP contribution is -2.54. The van der Waals surface area contributed by atoms with E-state index in [1.165, 1.54) is 0 Å². The predicted molar refractivity (Wildman–Crippen MR) is 64.6 cm³/mol. The molecule has 0 saturated carbocycles. The topological polar surface area (TPSA) is 73.6 Å². The van der Waals surface area contributed by atoms with Gasteiger partial charge in [0.05, 0.1) is 24.1 Å². The third-order valence-electron chi connectivity index (χ3n) is 3.64. The lowest BCUT2D eigenvalue weighted by atomic mass is 9.89. The molecule has 0 radical (unpaired) electrons. The van der Waals surface area contributed by atoms with Gasteiger partial charge in [-0.1, -0.05) is 0 Å². The first-order valence-electron chi connectivity index (χ1n) is 6.42. The van der Waals surface area contributed by atoms with Gasteiger partial charge < -0.3 is 14.7 Å². The van der Waals surface area contributed by atoms with Crippen LogP contribution in [0.4, 0.5) is 4.79 Å². The average molecular weight is 252 g/mol. The maximum atomic E-state index is 12.2. The van der Waals surface area contributed by atoms with Gasteiger partial charge in [-0.2, -0.15) is 5.26 Å². The Balaban J connectivity index is 2.15. The summed E-state index contributed by atoms with van der Waals surface area (Å²) < 4.78 is 5.38. The third kappa shape index (κ3) is 2.30. The van der Waals surface area contributed by atoms with Crippen LogP contribution >= 0.6 is 0 Å². The number of fused-ring (bicyclic) bond motifs is 2. The van der Waals surface area contributed by atoms with Gasteiger partial charge in [0.25, 0.3) is 0 Å². The highest BCUT2D eigenvalue weighted by Crippen LogP contribution is 2.39. The van der Waals surface area contributed by atoms with Crippen LogP contribution in [0.1, 0.15) is 40.0 Å². The van der Waals surface area contributed by atoms with E-state index in [1.54, 1.807) is 4.90 Å². The highest BCUT2D eigenvalue weighted by atomic mass is 16.6. The van der Waals surface area contributed by atoms with E-state index < -0.39 is 17.6 Å². The molecule has 2 bridgehead atoms. The number of hydrogen-bond donors (Lipinski definition) is 1. The molecule has 1 amide bonds. The summed E-state index contributed by atoms with van der Waals surface area (Å²) in [5, 5.41) is 19.0. The average Bonchev–Trinajstić information content (AvgIpc) is 2.53. The quantitative estimate of drug-likeness (QED) is 0.711. The number of amides is 1. The number of nitrogens with zero attached hydrogens (tertiary/aromatic N) is 2. The molecule has 2 aliphatic rings. The highest BCUT2D eigenvalue weighted by molar-refractivity contribution is 5.70. The predicted octanol–water partition coefficient (Wildman–Crippen LogP) is 1.66. The van der Waals surface area contributed by atoms with Crippen LogP contribution in [-0.2, 0) is 4.74 Å². The first kappa shape index (κ1) is 13.2. The van der Waals surface area contributed by atoms with Gasteiger partial charge in [-0.3, -0.25) is 0 Å². The van der Waals surface area contributed by atoms with Crippen molar-refractivity contribution in [2.75, 3.05) is 0 Å². The summed E-state index contributed by atoms with van der Waals surface area (Å²) >= 11 is 0. The zero-order chi connectivity index (χ0) is 13.5. The molecule has 18 heavy (non-hydrogen) atoms. The molecule has 0 aromatic rings. The largest absolute Gasteiger partial charge is 0.444 e. The van der Waals surface area contributed by atoms with Crippen molar-refractivity contribution in [3.05, 3.63) is 0 Å². The lowest BCUT2D eigenvalue weighted by molar-refractivity contribution is -0.0251. The van der Waals surface area contributed by atoms with Gasteiger partial charge in [0.15, 0.2) is 0 Å². The number of rotatable bonds is 0. The van der Waals surface area contributed by atoms with Crippen molar-refractivity contribution in [1.29, 1.82) is 5.26 Å². The van der Waals surface area contributed by atoms with Gasteiger partial charge in [0.1, 0.15) is 5.60 Å². The molecular formula is C13H20N2O3. The summed E-state index contributed by atoms with van der Waals surface area (Å²) in [6, 6.07) is 1.95. The van der Waals surface area contributed by atoms with Crippen molar-refractivity contribution < 1.29 is 14.6 Å². The Morgan fingerprint density at radius 2 is 2.11 bits per heavy atom. The SMILES string of the molecule is CC(C)(C)OC(=O)N1[C@H]2CC[C@@H]1[C@@H](C#N)[C@@H](O)C2. The smallest absolute Gasteiger partial charge is 0.410 e. The van der Waals surface area contributed by atoms with E-state index in [-0.39, 0.29) is 18.2 Å². The van der Waals surface area contributed by atoms with Crippen LogP contribution in [0.25, 0.3) is 0 Å². The number of carbonyl (C=O) groups is 1. The van der Waals surface area contributed by atoms with Crippen molar-refractivity contribution >= 4 is 6.09 Å². The van der Waals surface area contributed by atoms with E-state index in [0.29, 0.717) is 6.42 Å². The summed E-state index contributed by atoms with van der Waals surface area (Å²) in [6.45, 7) is 5.48. The third-order valence-corrected chi connectivity index (χ3v) is 3.64. The van der Waals surface area contributed by atoms with Crippen LogP contribution in [0.2, 0.25) is 0 Å². The molecule has 2 rings (SSSR count). The zero-order valence-corrected chi connectivity index (χ0v) is 11.1. The molecular weight excluding hydrogens is 232 g/mol. The number of hydrogen-bond acceptors (Lipinski definition) is 4. The number of nitriles is 1. The van der Waals surface area contributed by atoms with Gasteiger partial charge in [-0.25, -0.2) is 4.79 Å². The molecule has 0 aromatic heterocycles. The molecule has 0 spiro atoms. The molecule has 0 unspecified atom stereocenters. The molecule has 100 valence electrons. The molecule has 0 aromatic carbocycles. The van der Waals surface area contributed by atoms with Gasteiger partial charge in [-0.05, 0) is 40.0 Å². The Hall–Kier alpha value is -1.28. The van der Waals surface area contributed by atoms with Crippen LogP contribution in [0, 0.1) is 17.2 Å². The summed E-state index contributed by atoms with van der Waals surface area (Å²) in [5.41, 5.74) is -0.533. The van der Waals surface area contributed by atoms with Crippen LogP contribution in [0.3, 0.4) is 0 Å². The van der Waals surface area contributed by atoms with E-state index in [1.807, 2.05) is 20.8 Å². The highest BCUT2D eigenvalue weighted by Gasteiger charge is 2.50. The van der Waals surface area contributed by atoms with Gasteiger partial charge in [-0.15, -0.1) is 0 Å². The molecule has 5 nitrogen and oxygen atoms in total. The molecule has 2 fully saturated rings. The second-order valence-corrected chi connectivity index (χ2v) is 6.14. The van der Waals surface area contributed by atoms with Crippen molar-refractivity contribution in [3.8, 4) is 6.07 Å². The Kier molecular flexibility index (Phi) is 3.24. The number of piperidine rings is 1. The number of carbonyl (C=O) groups excluding carboxylic acids is 1. The Morgan fingerprint density at radius 3 is 2.67 bits per heavy atom. The van der Waals surface area contributed by atoms with Gasteiger partial charge >= 0.3 is 6.09 Å².